The molecular weight excluding hydrogens is 460 g/mol. The topological polar surface area (TPSA) is 55.4 Å². The number of nitrogens with one attached hydrogen (secondary N) is 1. The van der Waals surface area contributed by atoms with Crippen LogP contribution in [0.5, 0.6) is 0 Å². The van der Waals surface area contributed by atoms with Gasteiger partial charge in [-0.3, -0.25) is 4.79 Å². The molecule has 158 valence electrons. The number of anilines is 1. The number of carbonyl (C=O) groups is 2. The van der Waals surface area contributed by atoms with Gasteiger partial charge in [0.25, 0.3) is 0 Å². The lowest BCUT2D eigenvalue weighted by molar-refractivity contribution is -0.111. The van der Waals surface area contributed by atoms with Crippen molar-refractivity contribution in [2.24, 2.45) is 0 Å². The number of rotatable bonds is 6. The molecule has 1 amide bonds. The van der Waals surface area contributed by atoms with Gasteiger partial charge >= 0.3 is 5.97 Å². The number of esters is 1. The van der Waals surface area contributed by atoms with E-state index in [1.54, 1.807) is 42.5 Å². The number of methoxy groups -OCH3 is 1. The highest BCUT2D eigenvalue weighted by atomic mass is 35.5. The van der Waals surface area contributed by atoms with E-state index in [9.17, 15) is 14.0 Å². The maximum absolute atomic E-state index is 13.1. The van der Waals surface area contributed by atoms with Crippen LogP contribution >= 0.6 is 35.0 Å². The number of carbonyl (C=O) groups excluding carboxylic acids is 2. The molecule has 0 fully saturated rings. The van der Waals surface area contributed by atoms with Crippen molar-refractivity contribution in [3.63, 3.8) is 0 Å². The quantitative estimate of drug-likeness (QED) is 0.317. The van der Waals surface area contributed by atoms with Crippen molar-refractivity contribution in [3.8, 4) is 0 Å². The molecule has 0 bridgehead atoms. The summed E-state index contributed by atoms with van der Waals surface area (Å²) in [6.45, 7) is 0. The first-order valence-electron chi connectivity index (χ1n) is 8.95. The van der Waals surface area contributed by atoms with E-state index in [1.165, 1.54) is 49.2 Å². The van der Waals surface area contributed by atoms with Crippen LogP contribution < -0.4 is 5.32 Å². The predicted molar refractivity (Wildman–Crippen MR) is 122 cm³/mol. The lowest BCUT2D eigenvalue weighted by Gasteiger charge is -2.08. The summed E-state index contributed by atoms with van der Waals surface area (Å²) in [6, 6.07) is 15.9. The molecular formula is C23H16Cl2FNO3S. The van der Waals surface area contributed by atoms with Crippen molar-refractivity contribution in [2.45, 2.75) is 9.79 Å². The Morgan fingerprint density at radius 3 is 2.32 bits per heavy atom. The Hall–Kier alpha value is -2.80. The molecule has 0 spiro atoms. The van der Waals surface area contributed by atoms with Crippen LogP contribution in [0.3, 0.4) is 0 Å². The molecule has 1 N–H and O–H groups in total. The SMILES string of the molecule is COC(=O)c1cccc(NC(=O)C=Cc2c(Cl)cc(Sc3ccc(F)cc3)cc2Cl)c1. The van der Waals surface area contributed by atoms with Gasteiger partial charge in [0.2, 0.25) is 5.91 Å². The molecule has 0 saturated carbocycles. The van der Waals surface area contributed by atoms with E-state index in [1.807, 2.05) is 0 Å². The highest BCUT2D eigenvalue weighted by molar-refractivity contribution is 7.99. The lowest BCUT2D eigenvalue weighted by Crippen LogP contribution is -2.09. The maximum Gasteiger partial charge on any atom is 0.337 e. The number of benzene rings is 3. The van der Waals surface area contributed by atoms with E-state index in [0.29, 0.717) is 26.9 Å². The third-order valence-electron chi connectivity index (χ3n) is 4.05. The Bertz CT molecular complexity index is 1130. The van der Waals surface area contributed by atoms with Crippen LogP contribution in [0.1, 0.15) is 15.9 Å². The van der Waals surface area contributed by atoms with E-state index < -0.39 is 11.9 Å². The lowest BCUT2D eigenvalue weighted by atomic mass is 10.2. The van der Waals surface area contributed by atoms with Crippen molar-refractivity contribution in [1.29, 1.82) is 0 Å². The Morgan fingerprint density at radius 2 is 1.68 bits per heavy atom. The van der Waals surface area contributed by atoms with Crippen LogP contribution in [-0.2, 0) is 9.53 Å². The summed E-state index contributed by atoms with van der Waals surface area (Å²) in [7, 11) is 1.28. The fourth-order valence-corrected chi connectivity index (χ4v) is 4.24. The molecule has 0 radical (unpaired) electrons. The van der Waals surface area contributed by atoms with Crippen molar-refractivity contribution in [3.05, 3.63) is 93.7 Å². The van der Waals surface area contributed by atoms with Crippen LogP contribution in [0.4, 0.5) is 10.1 Å². The van der Waals surface area contributed by atoms with Gasteiger partial charge in [-0.15, -0.1) is 0 Å². The van der Waals surface area contributed by atoms with E-state index in [4.69, 9.17) is 23.2 Å². The standard InChI is InChI=1S/C23H16Cl2FNO3S/c1-30-23(29)14-3-2-4-16(11-14)27-22(28)10-9-19-20(24)12-18(13-21(19)25)31-17-7-5-15(26)6-8-17/h2-13H,1H3,(H,27,28). The normalized spacial score (nSPS) is 10.8. The minimum absolute atomic E-state index is 0.309. The average Bonchev–Trinajstić information content (AvgIpc) is 2.74. The van der Waals surface area contributed by atoms with Crippen molar-refractivity contribution in [2.75, 3.05) is 12.4 Å². The van der Waals surface area contributed by atoms with Crippen molar-refractivity contribution in [1.82, 2.24) is 0 Å². The summed E-state index contributed by atoms with van der Waals surface area (Å²) < 4.78 is 17.7. The molecule has 4 nitrogen and oxygen atoms in total. The summed E-state index contributed by atoms with van der Waals surface area (Å²) in [5.41, 5.74) is 1.26. The second-order valence-corrected chi connectivity index (χ2v) is 8.21. The Balaban J connectivity index is 1.71. The van der Waals surface area contributed by atoms with Gasteiger partial charge in [0.1, 0.15) is 5.82 Å². The molecule has 0 aromatic heterocycles. The van der Waals surface area contributed by atoms with Crippen LogP contribution in [-0.4, -0.2) is 19.0 Å². The number of ether oxygens (including phenoxy) is 1. The Morgan fingerprint density at radius 1 is 1.00 bits per heavy atom. The minimum Gasteiger partial charge on any atom is -0.465 e. The van der Waals surface area contributed by atoms with Crippen molar-refractivity contribution < 1.29 is 18.7 Å². The zero-order valence-electron chi connectivity index (χ0n) is 16.2. The van der Waals surface area contributed by atoms with E-state index in [-0.39, 0.29) is 5.82 Å². The molecule has 0 atom stereocenters. The number of halogens is 3. The molecule has 8 heteroatoms. The summed E-state index contributed by atoms with van der Waals surface area (Å²) >= 11 is 14.1. The smallest absolute Gasteiger partial charge is 0.337 e. The molecule has 0 aliphatic heterocycles. The second kappa shape index (κ2) is 10.5. The Labute approximate surface area is 193 Å². The first-order chi connectivity index (χ1) is 14.9. The van der Waals surface area contributed by atoms with Gasteiger partial charge in [-0.25, -0.2) is 9.18 Å². The van der Waals surface area contributed by atoms with Crippen LogP contribution in [0.2, 0.25) is 10.0 Å². The highest BCUT2D eigenvalue weighted by Gasteiger charge is 2.09. The van der Waals surface area contributed by atoms with E-state index >= 15 is 0 Å². The van der Waals surface area contributed by atoms with Crippen LogP contribution in [0.15, 0.2) is 76.5 Å². The van der Waals surface area contributed by atoms with Gasteiger partial charge in [-0.2, -0.15) is 0 Å². The van der Waals surface area contributed by atoms with Crippen LogP contribution in [0.25, 0.3) is 6.08 Å². The van der Waals surface area contributed by atoms with E-state index in [0.717, 1.165) is 9.79 Å². The molecule has 31 heavy (non-hydrogen) atoms. The fourth-order valence-electron chi connectivity index (χ4n) is 2.60. The van der Waals surface area contributed by atoms with Crippen molar-refractivity contribution >= 4 is 58.6 Å². The van der Waals surface area contributed by atoms with Gasteiger partial charge in [0.05, 0.1) is 22.7 Å². The third kappa shape index (κ3) is 6.34. The van der Waals surface area contributed by atoms with Gasteiger partial charge < -0.3 is 10.1 Å². The summed E-state index contributed by atoms with van der Waals surface area (Å²) in [4.78, 5) is 25.5. The molecule has 3 aromatic rings. The summed E-state index contributed by atoms with van der Waals surface area (Å²) in [5.74, 6) is -1.22. The first kappa shape index (κ1) is 22.9. The average molecular weight is 476 g/mol. The monoisotopic (exact) mass is 475 g/mol. The molecule has 3 aromatic carbocycles. The zero-order valence-corrected chi connectivity index (χ0v) is 18.5. The molecule has 3 rings (SSSR count). The molecule has 0 saturated heterocycles. The molecule has 0 aliphatic carbocycles. The van der Waals surface area contributed by atoms with Gasteiger partial charge in [-0.05, 0) is 60.7 Å². The van der Waals surface area contributed by atoms with Crippen LogP contribution in [0, 0.1) is 5.82 Å². The molecule has 0 heterocycles. The summed E-state index contributed by atoms with van der Waals surface area (Å²) in [5, 5.41) is 3.40. The maximum atomic E-state index is 13.1. The predicted octanol–water partition coefficient (Wildman–Crippen LogP) is 6.72. The molecule has 0 aliphatic rings. The third-order valence-corrected chi connectivity index (χ3v) is 5.66. The highest BCUT2D eigenvalue weighted by Crippen LogP contribution is 2.35. The number of amides is 1. The van der Waals surface area contributed by atoms with Gasteiger partial charge in [0.15, 0.2) is 0 Å². The number of hydrogen-bond acceptors (Lipinski definition) is 4. The molecule has 0 unspecified atom stereocenters. The van der Waals surface area contributed by atoms with E-state index in [2.05, 4.69) is 10.1 Å². The second-order valence-electron chi connectivity index (χ2n) is 6.25. The number of hydrogen-bond donors (Lipinski definition) is 1. The fraction of sp³-hybridized carbons (Fsp3) is 0.0435. The Kier molecular flexibility index (Phi) is 7.74. The summed E-state index contributed by atoms with van der Waals surface area (Å²) in [6.07, 6.45) is 2.81. The minimum atomic E-state index is -0.496. The van der Waals surface area contributed by atoms with Gasteiger partial charge in [-0.1, -0.05) is 41.0 Å². The zero-order chi connectivity index (χ0) is 22.4. The largest absolute Gasteiger partial charge is 0.465 e. The first-order valence-corrected chi connectivity index (χ1v) is 10.5. The van der Waals surface area contributed by atoms with Gasteiger partial charge in [0, 0.05) is 27.1 Å².